The molecule has 2 heterocycles. The molecule has 0 unspecified atom stereocenters. The van der Waals surface area contributed by atoms with Crippen LogP contribution >= 0.6 is 0 Å². The lowest BCUT2D eigenvalue weighted by Crippen LogP contribution is -2.03. The number of ether oxygens (including phenoxy) is 1. The molecule has 0 radical (unpaired) electrons. The van der Waals surface area contributed by atoms with Crippen molar-refractivity contribution in [3.63, 3.8) is 0 Å². The smallest absolute Gasteiger partial charge is 0.153 e. The van der Waals surface area contributed by atoms with E-state index >= 15 is 0 Å². The largest absolute Gasteiger partial charge is 0.454 e. The molecular weight excluding hydrogens is 260 g/mol. The monoisotopic (exact) mass is 272 g/mol. The van der Waals surface area contributed by atoms with Gasteiger partial charge >= 0.3 is 0 Å². The maximum atomic E-state index is 6.02. The van der Waals surface area contributed by atoms with Gasteiger partial charge in [0.2, 0.25) is 0 Å². The first kappa shape index (κ1) is 11.9. The second-order valence-electron chi connectivity index (χ2n) is 4.76. The molecule has 0 amide bonds. The van der Waals surface area contributed by atoms with E-state index in [0.717, 1.165) is 34.0 Å². The minimum atomic E-state index is 0.772. The standard InChI is InChI=1S/C18H12N2O/c1-3-7-16-14(5-1)18(13-9-11-19-12-10-13)20-15-6-2-4-8-17(15)21-16/h1-12H. The molecular formula is C18H12N2O. The molecule has 3 heteroatoms. The number of pyridine rings is 1. The van der Waals surface area contributed by atoms with Crippen molar-refractivity contribution in [3.8, 4) is 11.5 Å². The Morgan fingerprint density at radius 1 is 0.714 bits per heavy atom. The van der Waals surface area contributed by atoms with Crippen LogP contribution in [0.4, 0.5) is 5.69 Å². The molecule has 0 bridgehead atoms. The minimum absolute atomic E-state index is 0.772. The van der Waals surface area contributed by atoms with E-state index in [-0.39, 0.29) is 0 Å². The number of rotatable bonds is 1. The molecule has 2 aromatic carbocycles. The van der Waals surface area contributed by atoms with Gasteiger partial charge < -0.3 is 4.74 Å². The summed E-state index contributed by atoms with van der Waals surface area (Å²) in [5.41, 5.74) is 3.75. The van der Waals surface area contributed by atoms with Crippen LogP contribution in [0.1, 0.15) is 11.1 Å². The van der Waals surface area contributed by atoms with Crippen molar-refractivity contribution < 1.29 is 4.74 Å². The Balaban J connectivity index is 2.00. The number of nitrogens with zero attached hydrogens (tertiary/aromatic N) is 2. The highest BCUT2D eigenvalue weighted by molar-refractivity contribution is 6.16. The quantitative estimate of drug-likeness (QED) is 0.516. The summed E-state index contributed by atoms with van der Waals surface area (Å²) < 4.78 is 6.02. The van der Waals surface area contributed by atoms with E-state index in [4.69, 9.17) is 9.73 Å². The van der Waals surface area contributed by atoms with Crippen LogP contribution in [0.25, 0.3) is 0 Å². The van der Waals surface area contributed by atoms with Crippen LogP contribution in [0.3, 0.4) is 0 Å². The predicted molar refractivity (Wildman–Crippen MR) is 82.5 cm³/mol. The first-order chi connectivity index (χ1) is 10.4. The summed E-state index contributed by atoms with van der Waals surface area (Å²) in [7, 11) is 0. The summed E-state index contributed by atoms with van der Waals surface area (Å²) >= 11 is 0. The highest BCUT2D eigenvalue weighted by Gasteiger charge is 2.18. The van der Waals surface area contributed by atoms with Crippen molar-refractivity contribution in [3.05, 3.63) is 84.2 Å². The summed E-state index contributed by atoms with van der Waals surface area (Å²) in [4.78, 5) is 8.89. The van der Waals surface area contributed by atoms with Gasteiger partial charge in [0.05, 0.1) is 5.71 Å². The summed E-state index contributed by atoms with van der Waals surface area (Å²) in [5.74, 6) is 1.59. The van der Waals surface area contributed by atoms with Crippen LogP contribution in [0.5, 0.6) is 11.5 Å². The zero-order chi connectivity index (χ0) is 14.1. The predicted octanol–water partition coefficient (Wildman–Crippen LogP) is 4.36. The average Bonchev–Trinajstić information content (AvgIpc) is 2.72. The lowest BCUT2D eigenvalue weighted by Gasteiger charge is -2.09. The van der Waals surface area contributed by atoms with Crippen molar-refractivity contribution in [2.24, 2.45) is 4.99 Å². The van der Waals surface area contributed by atoms with Crippen LogP contribution < -0.4 is 4.74 Å². The van der Waals surface area contributed by atoms with E-state index < -0.39 is 0 Å². The van der Waals surface area contributed by atoms with E-state index in [1.54, 1.807) is 12.4 Å². The molecule has 1 aromatic heterocycles. The molecule has 0 spiro atoms. The van der Waals surface area contributed by atoms with Crippen molar-refractivity contribution in [1.82, 2.24) is 4.98 Å². The third-order valence-electron chi connectivity index (χ3n) is 3.41. The van der Waals surface area contributed by atoms with Gasteiger partial charge in [-0.05, 0) is 36.4 Å². The molecule has 0 atom stereocenters. The van der Waals surface area contributed by atoms with Crippen LogP contribution in [-0.2, 0) is 0 Å². The van der Waals surface area contributed by atoms with Crippen LogP contribution in [0.2, 0.25) is 0 Å². The van der Waals surface area contributed by atoms with Gasteiger partial charge in [-0.3, -0.25) is 4.98 Å². The molecule has 3 nitrogen and oxygen atoms in total. The molecule has 3 aromatic rings. The van der Waals surface area contributed by atoms with E-state index in [9.17, 15) is 0 Å². The number of hydrogen-bond donors (Lipinski definition) is 0. The first-order valence-corrected chi connectivity index (χ1v) is 6.77. The lowest BCUT2D eigenvalue weighted by molar-refractivity contribution is 0.485. The molecule has 0 saturated heterocycles. The van der Waals surface area contributed by atoms with Crippen LogP contribution in [-0.4, -0.2) is 10.7 Å². The number of fused-ring (bicyclic) bond motifs is 2. The van der Waals surface area contributed by atoms with Gasteiger partial charge in [0.15, 0.2) is 5.75 Å². The van der Waals surface area contributed by atoms with E-state index in [2.05, 4.69) is 4.98 Å². The highest BCUT2D eigenvalue weighted by Crippen LogP contribution is 2.38. The Kier molecular flexibility index (Phi) is 2.75. The Labute approximate surface area is 122 Å². The Hall–Kier alpha value is -2.94. The molecule has 0 aliphatic carbocycles. The molecule has 0 saturated carbocycles. The maximum Gasteiger partial charge on any atom is 0.153 e. The number of benzene rings is 2. The van der Waals surface area contributed by atoms with Gasteiger partial charge in [0, 0.05) is 23.5 Å². The summed E-state index contributed by atoms with van der Waals surface area (Å²) in [5, 5.41) is 0. The van der Waals surface area contributed by atoms with Gasteiger partial charge in [0.25, 0.3) is 0 Å². The molecule has 21 heavy (non-hydrogen) atoms. The second-order valence-corrected chi connectivity index (χ2v) is 4.76. The van der Waals surface area contributed by atoms with Gasteiger partial charge in [-0.1, -0.05) is 24.3 Å². The minimum Gasteiger partial charge on any atom is -0.454 e. The topological polar surface area (TPSA) is 34.5 Å². The first-order valence-electron chi connectivity index (χ1n) is 6.77. The average molecular weight is 272 g/mol. The molecule has 1 aliphatic rings. The van der Waals surface area contributed by atoms with E-state index in [1.807, 2.05) is 60.7 Å². The summed E-state index contributed by atoms with van der Waals surface area (Å²) in [6, 6.07) is 19.7. The number of para-hydroxylation sites is 3. The van der Waals surface area contributed by atoms with Crippen LogP contribution in [0, 0.1) is 0 Å². The second kappa shape index (κ2) is 4.87. The number of aliphatic imine (C=N–C) groups is 1. The molecule has 0 fully saturated rings. The normalized spacial score (nSPS) is 12.5. The Morgan fingerprint density at radius 2 is 1.43 bits per heavy atom. The number of hydrogen-bond acceptors (Lipinski definition) is 3. The molecule has 1 aliphatic heterocycles. The van der Waals surface area contributed by atoms with Crippen molar-refractivity contribution in [2.45, 2.75) is 0 Å². The molecule has 0 N–H and O–H groups in total. The Morgan fingerprint density at radius 3 is 2.29 bits per heavy atom. The van der Waals surface area contributed by atoms with Gasteiger partial charge in [-0.25, -0.2) is 4.99 Å². The van der Waals surface area contributed by atoms with Gasteiger partial charge in [-0.2, -0.15) is 0 Å². The fourth-order valence-corrected chi connectivity index (χ4v) is 2.42. The SMILES string of the molecule is c1ccc2c(c1)N=C(c1ccncc1)c1ccccc1O2. The van der Waals surface area contributed by atoms with E-state index in [0.29, 0.717) is 0 Å². The van der Waals surface area contributed by atoms with Gasteiger partial charge in [0.1, 0.15) is 11.4 Å². The summed E-state index contributed by atoms with van der Waals surface area (Å²) in [6.07, 6.45) is 3.55. The van der Waals surface area contributed by atoms with Crippen LogP contribution in [0.15, 0.2) is 78.0 Å². The maximum absolute atomic E-state index is 6.02. The van der Waals surface area contributed by atoms with Gasteiger partial charge in [-0.15, -0.1) is 0 Å². The van der Waals surface area contributed by atoms with E-state index in [1.165, 1.54) is 0 Å². The molecule has 4 rings (SSSR count). The van der Waals surface area contributed by atoms with Crippen molar-refractivity contribution in [1.29, 1.82) is 0 Å². The zero-order valence-corrected chi connectivity index (χ0v) is 11.2. The van der Waals surface area contributed by atoms with Crippen molar-refractivity contribution in [2.75, 3.05) is 0 Å². The lowest BCUT2D eigenvalue weighted by atomic mass is 10.0. The highest BCUT2D eigenvalue weighted by atomic mass is 16.5. The zero-order valence-electron chi connectivity index (χ0n) is 11.2. The summed E-state index contributed by atoms with van der Waals surface area (Å²) in [6.45, 7) is 0. The Bertz CT molecular complexity index is 825. The third kappa shape index (κ3) is 2.09. The molecule has 100 valence electrons. The fraction of sp³-hybridized carbons (Fsp3) is 0. The third-order valence-corrected chi connectivity index (χ3v) is 3.41. The number of aromatic nitrogens is 1. The van der Waals surface area contributed by atoms with Crippen molar-refractivity contribution >= 4 is 11.4 Å². The fourth-order valence-electron chi connectivity index (χ4n) is 2.42.